The van der Waals surface area contributed by atoms with Gasteiger partial charge in [-0.15, -0.1) is 0 Å². The van der Waals surface area contributed by atoms with Gasteiger partial charge < -0.3 is 5.73 Å². The van der Waals surface area contributed by atoms with Crippen LogP contribution in [0.2, 0.25) is 0 Å². The fourth-order valence-electron chi connectivity index (χ4n) is 2.35. The van der Waals surface area contributed by atoms with E-state index in [4.69, 9.17) is 5.73 Å². The lowest BCUT2D eigenvalue weighted by molar-refractivity contribution is 0.249. The maximum Gasteiger partial charge on any atom is 0.332 e. The molecule has 0 aliphatic heterocycles. The Bertz CT molecular complexity index is 851. The van der Waals surface area contributed by atoms with E-state index in [1.807, 2.05) is 61.7 Å². The number of hydrazone groups is 1. The van der Waals surface area contributed by atoms with Crippen molar-refractivity contribution >= 4 is 17.3 Å². The maximum absolute atomic E-state index is 10.9. The van der Waals surface area contributed by atoms with E-state index in [0.29, 0.717) is 5.71 Å². The number of primary amides is 1. The molecule has 6 heteroatoms. The number of nitrogens with one attached hydrogen (secondary N) is 1. The highest BCUT2D eigenvalue weighted by atomic mass is 16.2. The molecule has 3 aromatic rings. The van der Waals surface area contributed by atoms with Gasteiger partial charge >= 0.3 is 6.03 Å². The Morgan fingerprint density at radius 2 is 1.91 bits per heavy atom. The number of nitrogens with zero attached hydrogens (tertiary/aromatic N) is 3. The van der Waals surface area contributed by atoms with E-state index in [9.17, 15) is 4.79 Å². The molecule has 0 bridgehead atoms. The van der Waals surface area contributed by atoms with Gasteiger partial charge in [0.15, 0.2) is 0 Å². The van der Waals surface area contributed by atoms with Crippen molar-refractivity contribution in [3.05, 3.63) is 60.3 Å². The first-order valence-electron chi connectivity index (χ1n) is 6.79. The smallest absolute Gasteiger partial charge is 0.332 e. The molecule has 0 radical (unpaired) electrons. The van der Waals surface area contributed by atoms with Crippen molar-refractivity contribution in [3.63, 3.8) is 0 Å². The number of hydrogen-bond acceptors (Lipinski definition) is 3. The molecule has 0 aliphatic carbocycles. The molecule has 3 rings (SSSR count). The maximum atomic E-state index is 10.9. The monoisotopic (exact) mass is 293 g/mol. The topological polar surface area (TPSA) is 84.8 Å². The molecule has 2 aromatic heterocycles. The van der Waals surface area contributed by atoms with Crippen molar-refractivity contribution in [3.8, 4) is 11.3 Å². The molecule has 110 valence electrons. The minimum Gasteiger partial charge on any atom is -0.350 e. The highest BCUT2D eigenvalue weighted by molar-refractivity contribution is 6.09. The van der Waals surface area contributed by atoms with Gasteiger partial charge in [-0.25, -0.2) is 14.7 Å². The number of nitrogens with two attached hydrogens (primary N) is 1. The highest BCUT2D eigenvalue weighted by Crippen LogP contribution is 2.26. The van der Waals surface area contributed by atoms with Gasteiger partial charge in [0.1, 0.15) is 5.69 Å². The summed E-state index contributed by atoms with van der Waals surface area (Å²) in [6.45, 7) is 1.81. The molecule has 0 saturated carbocycles. The molecule has 3 N–H and O–H groups in total. The van der Waals surface area contributed by atoms with Gasteiger partial charge in [0.05, 0.1) is 16.8 Å². The van der Waals surface area contributed by atoms with Gasteiger partial charge in [-0.05, 0) is 19.1 Å². The zero-order chi connectivity index (χ0) is 15.5. The Labute approximate surface area is 127 Å². The molecule has 2 amide bonds. The fourth-order valence-corrected chi connectivity index (χ4v) is 2.35. The lowest BCUT2D eigenvalue weighted by Crippen LogP contribution is -2.25. The second-order valence-electron chi connectivity index (χ2n) is 4.79. The van der Waals surface area contributed by atoms with E-state index in [-0.39, 0.29) is 0 Å². The summed E-state index contributed by atoms with van der Waals surface area (Å²) in [5.74, 6) is 0. The van der Waals surface area contributed by atoms with E-state index in [1.54, 1.807) is 4.52 Å². The average molecular weight is 293 g/mol. The quantitative estimate of drug-likeness (QED) is 0.574. The molecule has 0 fully saturated rings. The molecule has 1 aromatic carbocycles. The number of hydrogen-bond donors (Lipinski definition) is 2. The van der Waals surface area contributed by atoms with Gasteiger partial charge in [0, 0.05) is 11.8 Å². The van der Waals surface area contributed by atoms with E-state index >= 15 is 0 Å². The first-order chi connectivity index (χ1) is 10.7. The molecule has 22 heavy (non-hydrogen) atoms. The van der Waals surface area contributed by atoms with Crippen molar-refractivity contribution in [1.29, 1.82) is 0 Å². The molecule has 6 nitrogen and oxygen atoms in total. The third-order valence-corrected chi connectivity index (χ3v) is 3.28. The largest absolute Gasteiger partial charge is 0.350 e. The number of carbonyl (C=O) groups excluding carboxylic acids is 1. The normalized spacial score (nSPS) is 11.6. The van der Waals surface area contributed by atoms with Crippen LogP contribution in [0.4, 0.5) is 4.79 Å². The summed E-state index contributed by atoms with van der Waals surface area (Å²) >= 11 is 0. The Balaban J connectivity index is 2.22. The van der Waals surface area contributed by atoms with Gasteiger partial charge in [-0.3, -0.25) is 0 Å². The number of carbonyl (C=O) groups is 1. The Morgan fingerprint density at radius 1 is 1.18 bits per heavy atom. The van der Waals surface area contributed by atoms with E-state index < -0.39 is 6.03 Å². The Morgan fingerprint density at radius 3 is 2.64 bits per heavy atom. The van der Waals surface area contributed by atoms with Crippen LogP contribution in [0.5, 0.6) is 0 Å². The number of pyridine rings is 1. The third kappa shape index (κ3) is 2.54. The summed E-state index contributed by atoms with van der Waals surface area (Å²) in [5, 5.41) is 8.66. The fraction of sp³-hybridized carbons (Fsp3) is 0.0625. The molecule has 0 saturated heterocycles. The van der Waals surface area contributed by atoms with Crippen LogP contribution in [0.1, 0.15) is 12.5 Å². The molecule has 0 unspecified atom stereocenters. The first kappa shape index (κ1) is 13.8. The zero-order valence-electron chi connectivity index (χ0n) is 12.0. The van der Waals surface area contributed by atoms with Crippen LogP contribution in [0.3, 0.4) is 0 Å². The Kier molecular flexibility index (Phi) is 3.57. The summed E-state index contributed by atoms with van der Waals surface area (Å²) in [4.78, 5) is 10.9. The van der Waals surface area contributed by atoms with Gasteiger partial charge in [0.2, 0.25) is 0 Å². The minimum atomic E-state index is -0.697. The van der Waals surface area contributed by atoms with Crippen LogP contribution in [-0.4, -0.2) is 21.4 Å². The highest BCUT2D eigenvalue weighted by Gasteiger charge is 2.16. The predicted molar refractivity (Wildman–Crippen MR) is 85.6 cm³/mol. The van der Waals surface area contributed by atoms with Gasteiger partial charge in [0.25, 0.3) is 0 Å². The number of fused-ring (bicyclic) bond motifs is 1. The van der Waals surface area contributed by atoms with Crippen molar-refractivity contribution in [2.75, 3.05) is 0 Å². The van der Waals surface area contributed by atoms with Gasteiger partial charge in [-0.2, -0.15) is 10.2 Å². The van der Waals surface area contributed by atoms with E-state index in [2.05, 4.69) is 15.6 Å². The second-order valence-corrected chi connectivity index (χ2v) is 4.79. The standard InChI is InChI=1S/C16H15N5O/c1-11(18-19-16(17)22)14-13-9-5-6-10-21(13)20-15(14)12-7-3-2-4-8-12/h2-10H,1H3,(H3,17,19,22). The molecule has 0 aliphatic rings. The number of rotatable bonds is 3. The molecular weight excluding hydrogens is 278 g/mol. The average Bonchev–Trinajstić information content (AvgIpc) is 2.93. The minimum absolute atomic E-state index is 0.638. The van der Waals surface area contributed by atoms with Crippen molar-refractivity contribution in [2.45, 2.75) is 6.92 Å². The number of benzene rings is 1. The van der Waals surface area contributed by atoms with Gasteiger partial charge in [-0.1, -0.05) is 36.4 Å². The second kappa shape index (κ2) is 5.69. The summed E-state index contributed by atoms with van der Waals surface area (Å²) in [6.07, 6.45) is 1.88. The van der Waals surface area contributed by atoms with Crippen LogP contribution in [0.15, 0.2) is 59.8 Å². The van der Waals surface area contributed by atoms with Crippen molar-refractivity contribution < 1.29 is 4.79 Å². The predicted octanol–water partition coefficient (Wildman–Crippen LogP) is 2.39. The Hall–Kier alpha value is -3.15. The SMILES string of the molecule is CC(=NNC(N)=O)c1c(-c2ccccc2)nn2ccccc12. The molecule has 0 atom stereocenters. The summed E-state index contributed by atoms with van der Waals surface area (Å²) in [7, 11) is 0. The molecular formula is C16H15N5O. The lowest BCUT2D eigenvalue weighted by atomic mass is 10.0. The summed E-state index contributed by atoms with van der Waals surface area (Å²) in [5.41, 5.74) is 11.5. The summed E-state index contributed by atoms with van der Waals surface area (Å²) < 4.78 is 1.79. The van der Waals surface area contributed by atoms with Crippen LogP contribution in [0, 0.1) is 0 Å². The first-order valence-corrected chi connectivity index (χ1v) is 6.79. The van der Waals surface area contributed by atoms with Crippen LogP contribution < -0.4 is 11.2 Å². The van der Waals surface area contributed by atoms with Crippen LogP contribution in [0.25, 0.3) is 16.8 Å². The van der Waals surface area contributed by atoms with Crippen molar-refractivity contribution in [1.82, 2.24) is 15.0 Å². The van der Waals surface area contributed by atoms with E-state index in [1.165, 1.54) is 0 Å². The number of amides is 2. The third-order valence-electron chi connectivity index (χ3n) is 3.28. The zero-order valence-corrected chi connectivity index (χ0v) is 12.0. The van der Waals surface area contributed by atoms with E-state index in [0.717, 1.165) is 22.3 Å². The van der Waals surface area contributed by atoms with Crippen LogP contribution >= 0.6 is 0 Å². The molecule has 0 spiro atoms. The molecule has 2 heterocycles. The number of aromatic nitrogens is 2. The lowest BCUT2D eigenvalue weighted by Gasteiger charge is -2.03. The van der Waals surface area contributed by atoms with Crippen molar-refractivity contribution in [2.24, 2.45) is 10.8 Å². The number of urea groups is 1. The van der Waals surface area contributed by atoms with Crippen LogP contribution in [-0.2, 0) is 0 Å². The summed E-state index contributed by atoms with van der Waals surface area (Å²) in [6, 6.07) is 14.9.